The van der Waals surface area contributed by atoms with E-state index < -0.39 is 23.2 Å². The topological polar surface area (TPSA) is 112 Å². The molecule has 1 aliphatic rings. The Morgan fingerprint density at radius 3 is 2.78 bits per heavy atom. The second kappa shape index (κ2) is 4.74. The molecule has 0 saturated carbocycles. The summed E-state index contributed by atoms with van der Waals surface area (Å²) >= 11 is 0. The number of rotatable bonds is 3. The first-order valence-electron chi connectivity index (χ1n) is 5.29. The van der Waals surface area contributed by atoms with Crippen LogP contribution in [0.4, 0.5) is 0 Å². The lowest BCUT2D eigenvalue weighted by Gasteiger charge is -2.27. The molecule has 1 aromatic rings. The second-order valence-electron chi connectivity index (χ2n) is 3.86. The highest BCUT2D eigenvalue weighted by atomic mass is 16.2. The first-order chi connectivity index (χ1) is 8.56. The van der Waals surface area contributed by atoms with Gasteiger partial charge in [0.25, 0.3) is 5.56 Å². The average Bonchev–Trinajstić information content (AvgIpc) is 2.27. The van der Waals surface area contributed by atoms with Crippen LogP contribution < -0.4 is 17.0 Å². The van der Waals surface area contributed by atoms with Gasteiger partial charge in [0.15, 0.2) is 0 Å². The smallest absolute Gasteiger partial charge is 0.325 e. The van der Waals surface area contributed by atoms with Gasteiger partial charge in [0, 0.05) is 18.0 Å². The fourth-order valence-electron chi connectivity index (χ4n) is 1.74. The van der Waals surface area contributed by atoms with Crippen LogP contribution in [0.2, 0.25) is 0 Å². The van der Waals surface area contributed by atoms with Crippen LogP contribution in [0.15, 0.2) is 40.1 Å². The zero-order chi connectivity index (χ0) is 13.1. The molecule has 2 heterocycles. The molecular formula is C11H12N4O3. The van der Waals surface area contributed by atoms with Crippen LogP contribution >= 0.6 is 0 Å². The number of nitrogens with zero attached hydrogens (tertiary/aromatic N) is 1. The number of nitrogens with two attached hydrogens (primary N) is 1. The Labute approximate surface area is 102 Å². The molecule has 0 saturated heterocycles. The third-order valence-electron chi connectivity index (χ3n) is 2.50. The molecular weight excluding hydrogens is 236 g/mol. The Hall–Kier alpha value is -2.57. The van der Waals surface area contributed by atoms with Crippen molar-refractivity contribution in [3.05, 3.63) is 57.0 Å². The fraction of sp³-hybridized carbons (Fsp3) is 0.182. The van der Waals surface area contributed by atoms with Crippen LogP contribution in [0.3, 0.4) is 0 Å². The third kappa shape index (κ3) is 2.57. The number of nitrogens with one attached hydrogen (secondary N) is 2. The quantitative estimate of drug-likeness (QED) is 0.623. The normalized spacial score (nSPS) is 18.0. The molecule has 18 heavy (non-hydrogen) atoms. The van der Waals surface area contributed by atoms with E-state index in [1.165, 1.54) is 6.07 Å². The summed E-state index contributed by atoms with van der Waals surface area (Å²) in [6.07, 6.45) is 6.78. The molecule has 0 radical (unpaired) electrons. The fourth-order valence-corrected chi connectivity index (χ4v) is 1.74. The Morgan fingerprint density at radius 1 is 1.33 bits per heavy atom. The molecule has 94 valence electrons. The highest BCUT2D eigenvalue weighted by Crippen LogP contribution is 2.10. The van der Waals surface area contributed by atoms with Crippen molar-refractivity contribution in [1.82, 2.24) is 14.9 Å². The zero-order valence-electron chi connectivity index (χ0n) is 9.42. The van der Waals surface area contributed by atoms with Gasteiger partial charge in [0.05, 0.1) is 6.54 Å². The van der Waals surface area contributed by atoms with Crippen LogP contribution in [0, 0.1) is 0 Å². The van der Waals surface area contributed by atoms with E-state index >= 15 is 0 Å². The van der Waals surface area contributed by atoms with E-state index in [0.717, 1.165) is 0 Å². The maximum Gasteiger partial charge on any atom is 0.325 e. The maximum absolute atomic E-state index is 11.2. The van der Waals surface area contributed by atoms with Crippen LogP contribution in [-0.2, 0) is 11.3 Å². The Bertz CT molecular complexity index is 597. The molecule has 7 heteroatoms. The molecule has 0 fully saturated rings. The lowest BCUT2D eigenvalue weighted by molar-refractivity contribution is -0.121. The zero-order valence-corrected chi connectivity index (χ0v) is 9.42. The lowest BCUT2D eigenvalue weighted by atomic mass is 10.1. The van der Waals surface area contributed by atoms with Crippen molar-refractivity contribution in [2.45, 2.75) is 12.6 Å². The van der Waals surface area contributed by atoms with Crippen LogP contribution in [-0.4, -0.2) is 26.8 Å². The van der Waals surface area contributed by atoms with Crippen molar-refractivity contribution in [3.63, 3.8) is 0 Å². The van der Waals surface area contributed by atoms with E-state index in [9.17, 15) is 14.4 Å². The highest BCUT2D eigenvalue weighted by molar-refractivity contribution is 5.82. The monoisotopic (exact) mass is 248 g/mol. The predicted molar refractivity (Wildman–Crippen MR) is 64.5 cm³/mol. The Kier molecular flexibility index (Phi) is 3.13. The van der Waals surface area contributed by atoms with E-state index in [4.69, 9.17) is 5.73 Å². The molecule has 0 aromatic carbocycles. The minimum Gasteiger partial charge on any atom is -0.368 e. The highest BCUT2D eigenvalue weighted by Gasteiger charge is 2.20. The number of hydrogen-bond donors (Lipinski definition) is 3. The maximum atomic E-state index is 11.2. The van der Waals surface area contributed by atoms with Crippen molar-refractivity contribution in [1.29, 1.82) is 0 Å². The molecule has 1 aromatic heterocycles. The number of allylic oxidation sites excluding steroid dienone is 2. The van der Waals surface area contributed by atoms with Crippen molar-refractivity contribution in [2.75, 3.05) is 0 Å². The number of primary amides is 1. The summed E-state index contributed by atoms with van der Waals surface area (Å²) in [6, 6.07) is 0.684. The minimum atomic E-state index is -0.585. The molecule has 1 aliphatic heterocycles. The van der Waals surface area contributed by atoms with Gasteiger partial charge in [0.2, 0.25) is 5.91 Å². The summed E-state index contributed by atoms with van der Waals surface area (Å²) in [4.78, 5) is 39.7. The van der Waals surface area contributed by atoms with Crippen LogP contribution in [0.25, 0.3) is 0 Å². The van der Waals surface area contributed by atoms with Gasteiger partial charge in [0.1, 0.15) is 6.04 Å². The summed E-state index contributed by atoms with van der Waals surface area (Å²) in [6.45, 7) is 0.216. The van der Waals surface area contributed by atoms with Gasteiger partial charge >= 0.3 is 5.69 Å². The minimum absolute atomic E-state index is 0.216. The van der Waals surface area contributed by atoms with E-state index in [1.54, 1.807) is 29.3 Å². The molecule has 0 spiro atoms. The van der Waals surface area contributed by atoms with Gasteiger partial charge in [-0.1, -0.05) is 12.2 Å². The van der Waals surface area contributed by atoms with Gasteiger partial charge in [-0.05, 0) is 6.08 Å². The summed E-state index contributed by atoms with van der Waals surface area (Å²) in [5.74, 6) is -0.497. The largest absolute Gasteiger partial charge is 0.368 e. The number of hydrogen-bond acceptors (Lipinski definition) is 4. The Balaban J connectivity index is 2.25. The summed E-state index contributed by atoms with van der Waals surface area (Å²) in [5, 5.41) is 0. The lowest BCUT2D eigenvalue weighted by Crippen LogP contribution is -2.41. The van der Waals surface area contributed by atoms with Gasteiger partial charge in [-0.15, -0.1) is 0 Å². The molecule has 1 atom stereocenters. The van der Waals surface area contributed by atoms with Gasteiger partial charge in [-0.3, -0.25) is 14.6 Å². The summed E-state index contributed by atoms with van der Waals surface area (Å²) in [7, 11) is 0. The van der Waals surface area contributed by atoms with Gasteiger partial charge < -0.3 is 15.6 Å². The Morgan fingerprint density at radius 2 is 2.11 bits per heavy atom. The molecule has 2 rings (SSSR count). The molecule has 1 unspecified atom stereocenters. The second-order valence-corrected chi connectivity index (χ2v) is 3.86. The number of aromatic nitrogens is 2. The van der Waals surface area contributed by atoms with Crippen LogP contribution in [0.5, 0.6) is 0 Å². The van der Waals surface area contributed by atoms with Crippen molar-refractivity contribution in [2.24, 2.45) is 5.73 Å². The first kappa shape index (κ1) is 11.9. The first-order valence-corrected chi connectivity index (χ1v) is 5.29. The number of carbonyl (C=O) groups is 1. The molecule has 1 amide bonds. The molecule has 7 nitrogen and oxygen atoms in total. The standard InChI is InChI=1S/C11H12N4O3/c12-10(17)8-3-1-2-4-15(8)6-7-5-9(16)14-11(18)13-7/h1-5,8H,6H2,(H2,12,17)(H2,13,14,16,18). The summed E-state index contributed by atoms with van der Waals surface area (Å²) in [5.41, 5.74) is 4.61. The molecule has 0 bridgehead atoms. The van der Waals surface area contributed by atoms with E-state index in [-0.39, 0.29) is 6.54 Å². The van der Waals surface area contributed by atoms with Gasteiger partial charge in [-0.25, -0.2) is 4.79 Å². The number of aromatic amines is 2. The van der Waals surface area contributed by atoms with Crippen molar-refractivity contribution >= 4 is 5.91 Å². The molecule has 4 N–H and O–H groups in total. The van der Waals surface area contributed by atoms with E-state index in [0.29, 0.717) is 5.69 Å². The predicted octanol–water partition coefficient (Wildman–Crippen LogP) is -1.20. The van der Waals surface area contributed by atoms with Crippen LogP contribution in [0.1, 0.15) is 5.69 Å². The van der Waals surface area contributed by atoms with E-state index in [2.05, 4.69) is 9.97 Å². The summed E-state index contributed by atoms with van der Waals surface area (Å²) < 4.78 is 0. The average molecular weight is 248 g/mol. The number of carbonyl (C=O) groups excluding carboxylic acids is 1. The van der Waals surface area contributed by atoms with Gasteiger partial charge in [-0.2, -0.15) is 0 Å². The number of amides is 1. The number of H-pyrrole nitrogens is 2. The third-order valence-corrected chi connectivity index (χ3v) is 2.50. The van der Waals surface area contributed by atoms with Crippen molar-refractivity contribution in [3.8, 4) is 0 Å². The van der Waals surface area contributed by atoms with Crippen molar-refractivity contribution < 1.29 is 4.79 Å². The molecule has 0 aliphatic carbocycles. The SMILES string of the molecule is NC(=O)C1C=CC=CN1Cc1cc(=O)[nH]c(=O)[nH]1. The van der Waals surface area contributed by atoms with E-state index in [1.807, 2.05) is 0 Å².